The van der Waals surface area contributed by atoms with Gasteiger partial charge < -0.3 is 10.6 Å². The van der Waals surface area contributed by atoms with Crippen molar-refractivity contribution in [2.75, 3.05) is 24.5 Å². The molecule has 1 aliphatic rings. The summed E-state index contributed by atoms with van der Waals surface area (Å²) in [5.41, 5.74) is 5.68. The summed E-state index contributed by atoms with van der Waals surface area (Å²) < 4.78 is 0. The number of nitrogens with two attached hydrogens (primary N) is 1. The van der Waals surface area contributed by atoms with Crippen molar-refractivity contribution < 1.29 is 0 Å². The predicted molar refractivity (Wildman–Crippen MR) is 61.0 cm³/mol. The van der Waals surface area contributed by atoms with Crippen LogP contribution in [0.3, 0.4) is 0 Å². The highest BCUT2D eigenvalue weighted by atomic mass is 35.5. The monoisotopic (exact) mass is 226 g/mol. The molecule has 1 unspecified atom stereocenters. The van der Waals surface area contributed by atoms with Gasteiger partial charge in [0.25, 0.3) is 0 Å². The maximum atomic E-state index is 5.83. The van der Waals surface area contributed by atoms with Gasteiger partial charge in [-0.25, -0.2) is 9.97 Å². The van der Waals surface area contributed by atoms with Crippen LogP contribution in [0.4, 0.5) is 5.95 Å². The summed E-state index contributed by atoms with van der Waals surface area (Å²) in [4.78, 5) is 10.6. The van der Waals surface area contributed by atoms with Gasteiger partial charge in [-0.15, -0.1) is 0 Å². The molecule has 2 heterocycles. The van der Waals surface area contributed by atoms with Crippen LogP contribution >= 0.6 is 11.6 Å². The maximum Gasteiger partial charge on any atom is 0.226 e. The van der Waals surface area contributed by atoms with Gasteiger partial charge in [0.1, 0.15) is 5.15 Å². The van der Waals surface area contributed by atoms with Crippen LogP contribution in [0.1, 0.15) is 12.8 Å². The molecule has 0 radical (unpaired) electrons. The molecule has 0 bridgehead atoms. The molecule has 1 atom stereocenters. The molecule has 4 nitrogen and oxygen atoms in total. The van der Waals surface area contributed by atoms with Gasteiger partial charge in [-0.05, 0) is 31.4 Å². The molecule has 1 aromatic heterocycles. The van der Waals surface area contributed by atoms with Crippen LogP contribution in [-0.2, 0) is 0 Å². The van der Waals surface area contributed by atoms with Crippen molar-refractivity contribution in [3.05, 3.63) is 17.4 Å². The van der Waals surface area contributed by atoms with Crippen molar-refractivity contribution in [2.24, 2.45) is 11.7 Å². The number of halogens is 1. The van der Waals surface area contributed by atoms with E-state index < -0.39 is 0 Å². The standard InChI is InChI=1S/C10H15ClN4/c11-9-3-4-13-10(14-9)15-5-1-2-8(6-12)7-15/h3-4,8H,1-2,5-7,12H2. The molecule has 2 rings (SSSR count). The van der Waals surface area contributed by atoms with Crippen LogP contribution in [-0.4, -0.2) is 29.6 Å². The Kier molecular flexibility index (Phi) is 3.38. The Morgan fingerprint density at radius 1 is 1.60 bits per heavy atom. The number of piperidine rings is 1. The van der Waals surface area contributed by atoms with E-state index in [0.29, 0.717) is 11.1 Å². The third kappa shape index (κ3) is 2.58. The Hall–Kier alpha value is -0.870. The molecular formula is C10H15ClN4. The fourth-order valence-corrected chi connectivity index (χ4v) is 2.05. The first-order chi connectivity index (χ1) is 7.29. The number of nitrogens with zero attached hydrogens (tertiary/aromatic N) is 3. The topological polar surface area (TPSA) is 55.0 Å². The molecule has 2 N–H and O–H groups in total. The Bertz CT molecular complexity index is 331. The minimum atomic E-state index is 0.495. The summed E-state index contributed by atoms with van der Waals surface area (Å²) in [6.07, 6.45) is 4.04. The largest absolute Gasteiger partial charge is 0.340 e. The third-order valence-electron chi connectivity index (χ3n) is 2.74. The van der Waals surface area contributed by atoms with E-state index in [1.807, 2.05) is 0 Å². The Balaban J connectivity index is 2.09. The van der Waals surface area contributed by atoms with Crippen LogP contribution < -0.4 is 10.6 Å². The van der Waals surface area contributed by atoms with Crippen molar-refractivity contribution in [1.29, 1.82) is 0 Å². The number of hydrogen-bond acceptors (Lipinski definition) is 4. The first-order valence-electron chi connectivity index (χ1n) is 5.23. The van der Waals surface area contributed by atoms with E-state index in [0.717, 1.165) is 32.0 Å². The van der Waals surface area contributed by atoms with Gasteiger partial charge in [0.05, 0.1) is 0 Å². The number of aromatic nitrogens is 2. The van der Waals surface area contributed by atoms with Crippen LogP contribution in [0.15, 0.2) is 12.3 Å². The van der Waals surface area contributed by atoms with Gasteiger partial charge in [-0.2, -0.15) is 0 Å². The molecule has 1 aliphatic heterocycles. The minimum Gasteiger partial charge on any atom is -0.340 e. The average Bonchev–Trinajstić information content (AvgIpc) is 2.29. The van der Waals surface area contributed by atoms with Gasteiger partial charge in [-0.3, -0.25) is 0 Å². The molecule has 5 heteroatoms. The summed E-state index contributed by atoms with van der Waals surface area (Å²) in [5.74, 6) is 1.28. The lowest BCUT2D eigenvalue weighted by molar-refractivity contribution is 0.419. The lowest BCUT2D eigenvalue weighted by Crippen LogP contribution is -2.39. The molecular weight excluding hydrogens is 212 g/mol. The Morgan fingerprint density at radius 2 is 2.47 bits per heavy atom. The molecule has 0 amide bonds. The van der Waals surface area contributed by atoms with Gasteiger partial charge in [0.15, 0.2) is 0 Å². The molecule has 0 spiro atoms. The van der Waals surface area contributed by atoms with Crippen molar-refractivity contribution in [2.45, 2.75) is 12.8 Å². The molecule has 0 saturated carbocycles. The van der Waals surface area contributed by atoms with Crippen molar-refractivity contribution in [3.63, 3.8) is 0 Å². The third-order valence-corrected chi connectivity index (χ3v) is 2.95. The summed E-state index contributed by atoms with van der Waals surface area (Å²) >= 11 is 5.83. The van der Waals surface area contributed by atoms with Crippen LogP contribution in [0.25, 0.3) is 0 Å². The second-order valence-corrected chi connectivity index (χ2v) is 4.26. The summed E-state index contributed by atoms with van der Waals surface area (Å²) in [6, 6.07) is 1.69. The van der Waals surface area contributed by atoms with Gasteiger partial charge in [0.2, 0.25) is 5.95 Å². The maximum absolute atomic E-state index is 5.83. The van der Waals surface area contributed by atoms with Crippen LogP contribution in [0.5, 0.6) is 0 Å². The molecule has 1 aromatic rings. The lowest BCUT2D eigenvalue weighted by atomic mass is 9.99. The lowest BCUT2D eigenvalue weighted by Gasteiger charge is -2.32. The normalized spacial score (nSPS) is 21.7. The van der Waals surface area contributed by atoms with Crippen LogP contribution in [0, 0.1) is 5.92 Å². The van der Waals surface area contributed by atoms with E-state index in [4.69, 9.17) is 17.3 Å². The quantitative estimate of drug-likeness (QED) is 0.773. The van der Waals surface area contributed by atoms with Crippen molar-refractivity contribution in [3.8, 4) is 0 Å². The first kappa shape index (κ1) is 10.6. The Morgan fingerprint density at radius 3 is 3.20 bits per heavy atom. The molecule has 82 valence electrons. The fourth-order valence-electron chi connectivity index (χ4n) is 1.92. The van der Waals surface area contributed by atoms with Gasteiger partial charge in [-0.1, -0.05) is 11.6 Å². The van der Waals surface area contributed by atoms with E-state index in [2.05, 4.69) is 14.9 Å². The highest BCUT2D eigenvalue weighted by Gasteiger charge is 2.20. The first-order valence-corrected chi connectivity index (χ1v) is 5.61. The SMILES string of the molecule is NCC1CCCN(c2nccc(Cl)n2)C1. The van der Waals surface area contributed by atoms with Gasteiger partial charge in [0, 0.05) is 19.3 Å². The summed E-state index contributed by atoms with van der Waals surface area (Å²) in [7, 11) is 0. The van der Waals surface area contributed by atoms with Crippen molar-refractivity contribution in [1.82, 2.24) is 9.97 Å². The van der Waals surface area contributed by atoms with E-state index in [1.54, 1.807) is 12.3 Å². The average molecular weight is 227 g/mol. The predicted octanol–water partition coefficient (Wildman–Crippen LogP) is 1.31. The zero-order valence-electron chi connectivity index (χ0n) is 8.56. The van der Waals surface area contributed by atoms with Gasteiger partial charge >= 0.3 is 0 Å². The van der Waals surface area contributed by atoms with Crippen LogP contribution in [0.2, 0.25) is 5.15 Å². The zero-order valence-corrected chi connectivity index (χ0v) is 9.32. The summed E-state index contributed by atoms with van der Waals surface area (Å²) in [5, 5.41) is 0.495. The molecule has 0 aliphatic carbocycles. The van der Waals surface area contributed by atoms with E-state index in [9.17, 15) is 0 Å². The van der Waals surface area contributed by atoms with E-state index in [1.165, 1.54) is 6.42 Å². The zero-order chi connectivity index (χ0) is 10.7. The highest BCUT2D eigenvalue weighted by molar-refractivity contribution is 6.29. The van der Waals surface area contributed by atoms with Crippen molar-refractivity contribution >= 4 is 17.5 Å². The molecule has 1 saturated heterocycles. The molecule has 15 heavy (non-hydrogen) atoms. The number of hydrogen-bond donors (Lipinski definition) is 1. The van der Waals surface area contributed by atoms with E-state index >= 15 is 0 Å². The van der Waals surface area contributed by atoms with E-state index in [-0.39, 0.29) is 0 Å². The number of anilines is 1. The highest BCUT2D eigenvalue weighted by Crippen LogP contribution is 2.20. The second-order valence-electron chi connectivity index (χ2n) is 3.87. The second kappa shape index (κ2) is 4.77. The minimum absolute atomic E-state index is 0.495. The summed E-state index contributed by atoms with van der Waals surface area (Å²) in [6.45, 7) is 2.67. The molecule has 1 fully saturated rings. The smallest absolute Gasteiger partial charge is 0.226 e. The molecule has 0 aromatic carbocycles. The fraction of sp³-hybridized carbons (Fsp3) is 0.600. The number of rotatable bonds is 2. The Labute approximate surface area is 94.5 Å².